The van der Waals surface area contributed by atoms with Gasteiger partial charge >= 0.3 is 5.97 Å². The fourth-order valence-electron chi connectivity index (χ4n) is 4.64. The van der Waals surface area contributed by atoms with E-state index < -0.39 is 70.1 Å². The van der Waals surface area contributed by atoms with Crippen molar-refractivity contribution in [3.8, 4) is 5.75 Å². The first-order valence-electron chi connectivity index (χ1n) is 12.9. The van der Waals surface area contributed by atoms with Crippen molar-refractivity contribution in [1.82, 2.24) is 4.31 Å². The first-order chi connectivity index (χ1) is 19.0. The third-order valence-electron chi connectivity index (χ3n) is 7.19. The van der Waals surface area contributed by atoms with Crippen molar-refractivity contribution in [3.63, 3.8) is 0 Å². The lowest BCUT2D eigenvalue weighted by Crippen LogP contribution is -2.41. The third kappa shape index (κ3) is 7.26. The summed E-state index contributed by atoms with van der Waals surface area (Å²) in [6.07, 6.45) is -1.54. The number of hydrogen-bond donors (Lipinski definition) is 1. The largest absolute Gasteiger partial charge is 0.491 e. The van der Waals surface area contributed by atoms with Gasteiger partial charge in [0, 0.05) is 55.9 Å². The number of anilines is 2. The van der Waals surface area contributed by atoms with E-state index >= 15 is 0 Å². The number of rotatable bonds is 10. The fraction of sp³-hybridized carbons (Fsp3) is 0.519. The van der Waals surface area contributed by atoms with Crippen LogP contribution in [-0.2, 0) is 14.8 Å². The van der Waals surface area contributed by atoms with E-state index in [9.17, 15) is 40.3 Å². The average Bonchev–Trinajstić information content (AvgIpc) is 2.93. The molecule has 2 aromatic carbocycles. The van der Waals surface area contributed by atoms with Gasteiger partial charge in [-0.1, -0.05) is 0 Å². The highest BCUT2D eigenvalue weighted by Crippen LogP contribution is 2.51. The van der Waals surface area contributed by atoms with Crippen LogP contribution in [0, 0.1) is 11.7 Å². The molecule has 0 amide bonds. The maximum atomic E-state index is 13.9. The quantitative estimate of drug-likeness (QED) is 0.307. The van der Waals surface area contributed by atoms with E-state index in [2.05, 4.69) is 0 Å². The Labute approximate surface area is 239 Å². The lowest BCUT2D eigenvalue weighted by atomic mass is 9.94. The van der Waals surface area contributed by atoms with E-state index in [1.807, 2.05) is 0 Å². The zero-order valence-corrected chi connectivity index (χ0v) is 24.3. The summed E-state index contributed by atoms with van der Waals surface area (Å²) in [6.45, 7) is 1.79. The first-order valence-corrected chi connectivity index (χ1v) is 15.3. The molecule has 0 aromatic heterocycles. The van der Waals surface area contributed by atoms with Crippen molar-refractivity contribution in [3.05, 3.63) is 42.2 Å². The molecule has 7 nitrogen and oxygen atoms in total. The van der Waals surface area contributed by atoms with Crippen LogP contribution in [0.2, 0.25) is 0 Å². The topological polar surface area (TPSA) is 87.2 Å². The Morgan fingerprint density at radius 2 is 1.85 bits per heavy atom. The number of thioether (sulfide) groups is 1. The molecule has 4 rings (SSSR count). The Balaban J connectivity index is 1.85. The first kappa shape index (κ1) is 31.4. The molecule has 1 N–H and O–H groups in total. The van der Waals surface area contributed by atoms with Crippen LogP contribution in [0.4, 0.5) is 33.3 Å². The van der Waals surface area contributed by atoms with E-state index in [1.54, 1.807) is 4.90 Å². The van der Waals surface area contributed by atoms with E-state index in [0.717, 1.165) is 23.0 Å². The summed E-state index contributed by atoms with van der Waals surface area (Å²) in [5.74, 6) is -8.47. The number of halogens is 5. The van der Waals surface area contributed by atoms with Crippen molar-refractivity contribution in [2.45, 2.75) is 72.5 Å². The minimum Gasteiger partial charge on any atom is -0.491 e. The van der Waals surface area contributed by atoms with Crippen LogP contribution in [0.25, 0.3) is 0 Å². The summed E-state index contributed by atoms with van der Waals surface area (Å²) in [7, 11) is -3.02. The van der Waals surface area contributed by atoms with Crippen LogP contribution < -0.4 is 9.64 Å². The molecular weight excluding hydrogens is 591 g/mol. The number of sulfonamides is 1. The van der Waals surface area contributed by atoms with Gasteiger partial charge in [0.05, 0.1) is 16.5 Å². The van der Waals surface area contributed by atoms with E-state index in [4.69, 9.17) is 4.74 Å². The van der Waals surface area contributed by atoms with Crippen LogP contribution >= 0.6 is 11.8 Å². The molecule has 0 spiro atoms. The van der Waals surface area contributed by atoms with Crippen molar-refractivity contribution in [1.29, 1.82) is 0 Å². The van der Waals surface area contributed by atoms with Gasteiger partial charge in [-0.15, -0.1) is 11.8 Å². The number of hydrogen-bond acceptors (Lipinski definition) is 6. The molecule has 0 bridgehead atoms. The third-order valence-corrected chi connectivity index (χ3v) is 10.4. The van der Waals surface area contributed by atoms with Crippen LogP contribution in [-0.4, -0.2) is 67.1 Å². The molecule has 2 aliphatic rings. The molecule has 1 heterocycles. The Morgan fingerprint density at radius 1 is 1.22 bits per heavy atom. The van der Waals surface area contributed by atoms with Crippen LogP contribution in [0.5, 0.6) is 5.75 Å². The Hall–Kier alpha value is -2.58. The van der Waals surface area contributed by atoms with Gasteiger partial charge in [-0.3, -0.25) is 4.79 Å². The predicted molar refractivity (Wildman–Crippen MR) is 145 cm³/mol. The van der Waals surface area contributed by atoms with Crippen molar-refractivity contribution in [2.75, 3.05) is 25.1 Å². The van der Waals surface area contributed by atoms with Gasteiger partial charge in [0.1, 0.15) is 23.1 Å². The Bertz CT molecular complexity index is 1380. The predicted octanol–water partition coefficient (Wildman–Crippen LogP) is 6.39. The number of carboxylic acid groups (broad SMARTS) is 1. The fourth-order valence-corrected chi connectivity index (χ4v) is 7.63. The molecule has 41 heavy (non-hydrogen) atoms. The van der Waals surface area contributed by atoms with Crippen LogP contribution in [0.15, 0.2) is 46.2 Å². The minimum absolute atomic E-state index is 0.00615. The summed E-state index contributed by atoms with van der Waals surface area (Å²) in [5, 5.41) is 8.79. The number of carbonyl (C=O) groups is 1. The highest BCUT2D eigenvalue weighted by atomic mass is 32.2. The minimum atomic E-state index is -4.31. The summed E-state index contributed by atoms with van der Waals surface area (Å²) in [4.78, 5) is 13.0. The lowest BCUT2D eigenvalue weighted by molar-refractivity contribution is -0.142. The normalized spacial score (nSPS) is 21.5. The molecule has 2 aromatic rings. The molecule has 1 fully saturated rings. The molecule has 226 valence electrons. The van der Waals surface area contributed by atoms with Crippen LogP contribution in [0.3, 0.4) is 0 Å². The summed E-state index contributed by atoms with van der Waals surface area (Å²) < 4.78 is 103. The second-order valence-corrected chi connectivity index (χ2v) is 14.0. The van der Waals surface area contributed by atoms with Crippen molar-refractivity contribution in [2.24, 2.45) is 5.92 Å². The van der Waals surface area contributed by atoms with Gasteiger partial charge in [0.2, 0.25) is 21.9 Å². The van der Waals surface area contributed by atoms with Gasteiger partial charge < -0.3 is 14.7 Å². The zero-order valence-electron chi connectivity index (χ0n) is 22.6. The molecule has 0 saturated heterocycles. The van der Waals surface area contributed by atoms with Crippen molar-refractivity contribution >= 4 is 39.1 Å². The molecule has 2 atom stereocenters. The monoisotopic (exact) mass is 622 g/mol. The molecule has 1 aliphatic heterocycles. The molecule has 0 unspecified atom stereocenters. The van der Waals surface area contributed by atoms with Crippen molar-refractivity contribution < 1.29 is 45.0 Å². The lowest BCUT2D eigenvalue weighted by Gasteiger charge is -2.35. The van der Waals surface area contributed by atoms with E-state index in [-0.39, 0.29) is 35.9 Å². The SMILES string of the molecule is C[C@@H](COc1cc2c(cc1SC1CC(F)(F)C1)N(c1ccc(F)cc1)C[C@@H](CCC(C)(F)F)N(C)S2(=O)=O)C(=O)O. The van der Waals surface area contributed by atoms with Gasteiger partial charge in [-0.05, 0) is 50.6 Å². The highest BCUT2D eigenvalue weighted by molar-refractivity contribution is 8.00. The Morgan fingerprint density at radius 3 is 2.41 bits per heavy atom. The maximum absolute atomic E-state index is 13.9. The Kier molecular flexibility index (Phi) is 8.87. The molecule has 0 radical (unpaired) electrons. The maximum Gasteiger partial charge on any atom is 0.309 e. The summed E-state index contributed by atoms with van der Waals surface area (Å²) in [5.41, 5.74) is 0.534. The summed E-state index contributed by atoms with van der Waals surface area (Å²) in [6, 6.07) is 7.03. The number of benzene rings is 2. The molecular formula is C27H31F5N2O5S2. The number of likely N-dealkylation sites (N-methyl/N-ethyl adjacent to an activating group) is 1. The van der Waals surface area contributed by atoms with Gasteiger partial charge in [0.15, 0.2) is 0 Å². The second kappa shape index (κ2) is 11.6. The number of fused-ring (bicyclic) bond motifs is 1. The number of ether oxygens (including phenoxy) is 1. The molecule has 1 saturated carbocycles. The number of alkyl halides is 4. The second-order valence-electron chi connectivity index (χ2n) is 10.7. The molecule has 1 aliphatic carbocycles. The highest BCUT2D eigenvalue weighted by Gasteiger charge is 2.46. The number of carboxylic acids is 1. The van der Waals surface area contributed by atoms with E-state index in [0.29, 0.717) is 10.6 Å². The number of nitrogens with zero attached hydrogens (tertiary/aromatic N) is 2. The standard InChI is InChI=1S/C27H31F5N2O5S2/c1-16(25(35)36)15-39-22-11-24-21(10-23(22)40-20-12-27(31,32)13-20)34(18-6-4-17(28)5-7-18)14-19(8-9-26(2,29)30)33(3)41(24,37)38/h4-7,10-11,16,19-20H,8-9,12-15H2,1-3H3,(H,35,36)/t16-,19+/m0/s1. The van der Waals surface area contributed by atoms with Gasteiger partial charge in [0.25, 0.3) is 0 Å². The van der Waals surface area contributed by atoms with E-state index in [1.165, 1.54) is 50.4 Å². The zero-order chi connectivity index (χ0) is 30.3. The van der Waals surface area contributed by atoms with Gasteiger partial charge in [-0.2, -0.15) is 4.31 Å². The smallest absolute Gasteiger partial charge is 0.309 e. The summed E-state index contributed by atoms with van der Waals surface area (Å²) >= 11 is 1.07. The van der Waals surface area contributed by atoms with Gasteiger partial charge in [-0.25, -0.2) is 30.4 Å². The number of aliphatic carboxylic acids is 1. The van der Waals surface area contributed by atoms with Crippen LogP contribution in [0.1, 0.15) is 39.5 Å². The average molecular weight is 623 g/mol. The molecule has 14 heteroatoms.